The van der Waals surface area contributed by atoms with Crippen molar-refractivity contribution in [2.75, 3.05) is 66.6 Å². The lowest BCUT2D eigenvalue weighted by molar-refractivity contribution is 0.128. The Hall–Kier alpha value is -0.900. The van der Waals surface area contributed by atoms with Gasteiger partial charge in [0.15, 0.2) is 5.96 Å². The number of ether oxygens (including phenoxy) is 1. The maximum Gasteiger partial charge on any atom is 0.191 e. The number of piperazine rings is 1. The van der Waals surface area contributed by atoms with Gasteiger partial charge >= 0.3 is 0 Å². The predicted molar refractivity (Wildman–Crippen MR) is 140 cm³/mol. The van der Waals surface area contributed by atoms with Crippen LogP contribution in [0.5, 0.6) is 0 Å². The lowest BCUT2D eigenvalue weighted by Crippen LogP contribution is -2.49. The molecule has 3 rings (SSSR count). The molecule has 7 heteroatoms. The number of methoxy groups -OCH3 is 1. The summed E-state index contributed by atoms with van der Waals surface area (Å²) in [6, 6.07) is 10.8. The van der Waals surface area contributed by atoms with E-state index in [1.54, 1.807) is 7.11 Å². The fourth-order valence-corrected chi connectivity index (χ4v) is 4.80. The largest absolute Gasteiger partial charge is 0.385 e. The van der Waals surface area contributed by atoms with Crippen molar-refractivity contribution in [2.24, 2.45) is 10.4 Å². The molecule has 0 spiro atoms. The van der Waals surface area contributed by atoms with Crippen molar-refractivity contribution in [3.8, 4) is 0 Å². The Kier molecular flexibility index (Phi) is 12.1. The van der Waals surface area contributed by atoms with Gasteiger partial charge in [-0.3, -0.25) is 14.8 Å². The average molecular weight is 544 g/mol. The molecule has 0 bridgehead atoms. The topological polar surface area (TPSA) is 52.1 Å². The van der Waals surface area contributed by atoms with Gasteiger partial charge in [-0.15, -0.1) is 24.0 Å². The highest BCUT2D eigenvalue weighted by Gasteiger charge is 2.33. The van der Waals surface area contributed by atoms with E-state index >= 15 is 0 Å². The summed E-state index contributed by atoms with van der Waals surface area (Å²) < 4.78 is 5.35. The van der Waals surface area contributed by atoms with E-state index in [4.69, 9.17) is 4.74 Å². The van der Waals surface area contributed by atoms with E-state index in [1.165, 1.54) is 31.2 Å². The molecule has 0 atom stereocenters. The van der Waals surface area contributed by atoms with Gasteiger partial charge in [0.2, 0.25) is 0 Å². The number of benzene rings is 1. The van der Waals surface area contributed by atoms with E-state index in [-0.39, 0.29) is 24.0 Å². The summed E-state index contributed by atoms with van der Waals surface area (Å²) in [5.41, 5.74) is 1.79. The van der Waals surface area contributed by atoms with Gasteiger partial charge in [0.05, 0.1) is 0 Å². The van der Waals surface area contributed by atoms with Crippen LogP contribution in [-0.4, -0.2) is 82.3 Å². The van der Waals surface area contributed by atoms with E-state index in [0.717, 1.165) is 71.3 Å². The first-order valence-corrected chi connectivity index (χ1v) is 11.7. The van der Waals surface area contributed by atoms with Crippen molar-refractivity contribution >= 4 is 29.9 Å². The van der Waals surface area contributed by atoms with Gasteiger partial charge in [-0.25, -0.2) is 0 Å². The number of nitrogens with one attached hydrogen (secondary N) is 2. The van der Waals surface area contributed by atoms with Gasteiger partial charge in [-0.1, -0.05) is 43.2 Å². The van der Waals surface area contributed by atoms with Crippen molar-refractivity contribution in [3.63, 3.8) is 0 Å². The maximum absolute atomic E-state index is 5.35. The van der Waals surface area contributed by atoms with Crippen LogP contribution in [0.3, 0.4) is 0 Å². The van der Waals surface area contributed by atoms with Crippen LogP contribution in [0.1, 0.15) is 37.7 Å². The molecule has 0 unspecified atom stereocenters. The number of rotatable bonds is 10. The first kappa shape index (κ1) is 26.4. The SMILES string of the molecule is CN=C(NCCN1CCN(Cc2ccccc2)CC1)NCC1(CCOC)CCCC1.I. The molecule has 0 radical (unpaired) electrons. The maximum atomic E-state index is 5.35. The Morgan fingerprint density at radius 2 is 1.71 bits per heavy atom. The lowest BCUT2D eigenvalue weighted by Gasteiger charge is -2.35. The second-order valence-electron chi connectivity index (χ2n) is 8.91. The first-order valence-electron chi connectivity index (χ1n) is 11.7. The zero-order chi connectivity index (χ0) is 21.1. The van der Waals surface area contributed by atoms with Gasteiger partial charge in [0.1, 0.15) is 0 Å². The summed E-state index contributed by atoms with van der Waals surface area (Å²) in [6.45, 7) is 9.47. The third-order valence-electron chi connectivity index (χ3n) is 6.79. The smallest absolute Gasteiger partial charge is 0.191 e. The molecule has 2 fully saturated rings. The number of halogens is 1. The molecule has 31 heavy (non-hydrogen) atoms. The molecule has 1 aliphatic heterocycles. The molecule has 0 aromatic heterocycles. The Balaban J connectivity index is 0.00000341. The molecule has 1 saturated carbocycles. The molecule has 2 aliphatic rings. The molecule has 1 aliphatic carbocycles. The molecule has 2 N–H and O–H groups in total. The Labute approximate surface area is 206 Å². The predicted octanol–water partition coefficient (Wildman–Crippen LogP) is 3.18. The molecular formula is C24H42IN5O. The van der Waals surface area contributed by atoms with Crippen molar-refractivity contribution < 1.29 is 4.74 Å². The molecule has 1 heterocycles. The van der Waals surface area contributed by atoms with Crippen molar-refractivity contribution in [3.05, 3.63) is 35.9 Å². The summed E-state index contributed by atoms with van der Waals surface area (Å²) in [5, 5.41) is 7.11. The Morgan fingerprint density at radius 1 is 1.03 bits per heavy atom. The number of aliphatic imine (C=N–C) groups is 1. The van der Waals surface area contributed by atoms with Crippen molar-refractivity contribution in [2.45, 2.75) is 38.6 Å². The minimum Gasteiger partial charge on any atom is -0.385 e. The summed E-state index contributed by atoms with van der Waals surface area (Å²) in [5.74, 6) is 0.932. The van der Waals surface area contributed by atoms with E-state index in [0.29, 0.717) is 5.41 Å². The molecule has 1 saturated heterocycles. The van der Waals surface area contributed by atoms with Crippen molar-refractivity contribution in [1.82, 2.24) is 20.4 Å². The van der Waals surface area contributed by atoms with Crippen LogP contribution in [0, 0.1) is 5.41 Å². The molecular weight excluding hydrogens is 501 g/mol. The van der Waals surface area contributed by atoms with E-state index < -0.39 is 0 Å². The van der Waals surface area contributed by atoms with Gasteiger partial charge in [0, 0.05) is 73.1 Å². The number of guanidine groups is 1. The number of nitrogens with zero attached hydrogens (tertiary/aromatic N) is 3. The van der Waals surface area contributed by atoms with E-state index in [1.807, 2.05) is 7.05 Å². The fraction of sp³-hybridized carbons (Fsp3) is 0.708. The average Bonchev–Trinajstić information content (AvgIpc) is 3.26. The van der Waals surface area contributed by atoms with Crippen molar-refractivity contribution in [1.29, 1.82) is 0 Å². The second kappa shape index (κ2) is 14.3. The fourth-order valence-electron chi connectivity index (χ4n) is 4.80. The highest BCUT2D eigenvalue weighted by atomic mass is 127. The van der Waals surface area contributed by atoms with Crippen LogP contribution in [0.4, 0.5) is 0 Å². The lowest BCUT2D eigenvalue weighted by atomic mass is 9.83. The molecule has 0 amide bonds. The quantitative estimate of drug-likeness (QED) is 0.270. The van der Waals surface area contributed by atoms with Crippen LogP contribution in [0.15, 0.2) is 35.3 Å². The van der Waals surface area contributed by atoms with Gasteiger partial charge in [0.25, 0.3) is 0 Å². The van der Waals surface area contributed by atoms with E-state index in [9.17, 15) is 0 Å². The summed E-state index contributed by atoms with van der Waals surface area (Å²) in [6.07, 6.45) is 6.42. The normalized spacial score (nSPS) is 19.7. The first-order chi connectivity index (χ1) is 14.7. The molecule has 1 aromatic rings. The standard InChI is InChI=1S/C24H41N5O.HI/c1-25-23(27-21-24(12-19-30-2)10-6-7-11-24)26-13-14-28-15-17-29(18-16-28)20-22-8-4-3-5-9-22;/h3-5,8-9H,6-7,10-21H2,1-2H3,(H2,25,26,27);1H. The van der Waals surface area contributed by atoms with E-state index in [2.05, 4.69) is 55.8 Å². The van der Waals surface area contributed by atoms with Crippen LogP contribution >= 0.6 is 24.0 Å². The molecule has 1 aromatic carbocycles. The summed E-state index contributed by atoms with van der Waals surface area (Å²) in [4.78, 5) is 9.55. The van der Waals surface area contributed by atoms with Crippen LogP contribution in [0.25, 0.3) is 0 Å². The monoisotopic (exact) mass is 543 g/mol. The zero-order valence-electron chi connectivity index (χ0n) is 19.4. The minimum absolute atomic E-state index is 0. The minimum atomic E-state index is 0. The molecule has 6 nitrogen and oxygen atoms in total. The summed E-state index contributed by atoms with van der Waals surface area (Å²) >= 11 is 0. The number of hydrogen-bond donors (Lipinski definition) is 2. The number of hydrogen-bond acceptors (Lipinski definition) is 4. The highest BCUT2D eigenvalue weighted by molar-refractivity contribution is 14.0. The third-order valence-corrected chi connectivity index (χ3v) is 6.79. The second-order valence-corrected chi connectivity index (χ2v) is 8.91. The third kappa shape index (κ3) is 8.86. The van der Waals surface area contributed by atoms with Gasteiger partial charge < -0.3 is 15.4 Å². The Morgan fingerprint density at radius 3 is 2.35 bits per heavy atom. The van der Waals surface area contributed by atoms with Crippen LogP contribution in [-0.2, 0) is 11.3 Å². The zero-order valence-corrected chi connectivity index (χ0v) is 21.8. The van der Waals surface area contributed by atoms with Gasteiger partial charge in [-0.2, -0.15) is 0 Å². The van der Waals surface area contributed by atoms with Gasteiger partial charge in [-0.05, 0) is 30.2 Å². The highest BCUT2D eigenvalue weighted by Crippen LogP contribution is 2.40. The van der Waals surface area contributed by atoms with Crippen LogP contribution in [0.2, 0.25) is 0 Å². The Bertz CT molecular complexity index is 628. The van der Waals surface area contributed by atoms with Crippen LogP contribution < -0.4 is 10.6 Å². The molecule has 176 valence electrons. The summed E-state index contributed by atoms with van der Waals surface area (Å²) in [7, 11) is 3.67.